The number of hydrogen-bond donors (Lipinski definition) is 1. The van der Waals surface area contributed by atoms with E-state index < -0.39 is 0 Å². The van der Waals surface area contributed by atoms with Crippen molar-refractivity contribution in [3.8, 4) is 0 Å². The van der Waals surface area contributed by atoms with Gasteiger partial charge in [0.25, 0.3) is 0 Å². The van der Waals surface area contributed by atoms with Gasteiger partial charge in [0.1, 0.15) is 12.6 Å². The van der Waals surface area contributed by atoms with Crippen LogP contribution in [0.5, 0.6) is 0 Å². The maximum Gasteiger partial charge on any atom is 0.108 e. The second-order valence-electron chi connectivity index (χ2n) is 5.17. The smallest absolute Gasteiger partial charge is 0.108 e. The fourth-order valence-electron chi connectivity index (χ4n) is 2.03. The molecule has 1 N–H and O–H groups in total. The SMILES string of the molecule is C[NH+](C)CCO[C@@H](c1ccccc1)c1ccc(Cl)cc1. The number of benzene rings is 2. The van der Waals surface area contributed by atoms with Gasteiger partial charge in [-0.05, 0) is 23.3 Å². The van der Waals surface area contributed by atoms with Gasteiger partial charge in [-0.3, -0.25) is 0 Å². The molecule has 0 unspecified atom stereocenters. The summed E-state index contributed by atoms with van der Waals surface area (Å²) < 4.78 is 6.10. The number of halogens is 1. The minimum atomic E-state index is -0.0344. The lowest BCUT2D eigenvalue weighted by molar-refractivity contribution is -0.858. The van der Waals surface area contributed by atoms with Crippen LogP contribution < -0.4 is 4.90 Å². The van der Waals surface area contributed by atoms with Crippen LogP contribution in [-0.4, -0.2) is 27.2 Å². The zero-order chi connectivity index (χ0) is 14.4. The van der Waals surface area contributed by atoms with E-state index in [4.69, 9.17) is 16.3 Å². The molecule has 0 saturated carbocycles. The molecule has 2 aromatic rings. The van der Waals surface area contributed by atoms with Crippen LogP contribution in [0.15, 0.2) is 54.6 Å². The van der Waals surface area contributed by atoms with E-state index in [2.05, 4.69) is 26.2 Å². The van der Waals surface area contributed by atoms with Crippen LogP contribution in [0.3, 0.4) is 0 Å². The summed E-state index contributed by atoms with van der Waals surface area (Å²) in [5.41, 5.74) is 2.30. The van der Waals surface area contributed by atoms with Crippen molar-refractivity contribution in [2.24, 2.45) is 0 Å². The molecule has 0 aliphatic rings. The molecule has 0 aromatic heterocycles. The molecular weight excluding hydrogens is 270 g/mol. The Morgan fingerprint density at radius 2 is 1.55 bits per heavy atom. The highest BCUT2D eigenvalue weighted by molar-refractivity contribution is 6.30. The minimum Gasteiger partial charge on any atom is -0.363 e. The lowest BCUT2D eigenvalue weighted by Gasteiger charge is -2.19. The summed E-state index contributed by atoms with van der Waals surface area (Å²) in [6, 6.07) is 18.2. The van der Waals surface area contributed by atoms with Crippen LogP contribution in [0.2, 0.25) is 5.02 Å². The highest BCUT2D eigenvalue weighted by Crippen LogP contribution is 2.26. The number of nitrogens with one attached hydrogen (secondary N) is 1. The topological polar surface area (TPSA) is 13.7 Å². The van der Waals surface area contributed by atoms with Crippen LogP contribution in [0.4, 0.5) is 0 Å². The second kappa shape index (κ2) is 7.44. The predicted octanol–water partition coefficient (Wildman–Crippen LogP) is 2.59. The molecule has 0 bridgehead atoms. The van der Waals surface area contributed by atoms with E-state index in [1.54, 1.807) is 0 Å². The Labute approximate surface area is 125 Å². The average Bonchev–Trinajstić information content (AvgIpc) is 2.46. The fraction of sp³-hybridized carbons (Fsp3) is 0.294. The monoisotopic (exact) mass is 290 g/mol. The molecule has 3 heteroatoms. The molecule has 0 aliphatic heterocycles. The summed E-state index contributed by atoms with van der Waals surface area (Å²) in [6.07, 6.45) is -0.0344. The van der Waals surface area contributed by atoms with E-state index in [1.165, 1.54) is 10.5 Å². The molecule has 0 aliphatic carbocycles. The van der Waals surface area contributed by atoms with E-state index in [-0.39, 0.29) is 6.10 Å². The van der Waals surface area contributed by atoms with Crippen molar-refractivity contribution in [1.29, 1.82) is 0 Å². The zero-order valence-electron chi connectivity index (χ0n) is 12.0. The van der Waals surface area contributed by atoms with Crippen molar-refractivity contribution in [1.82, 2.24) is 0 Å². The van der Waals surface area contributed by atoms with Crippen molar-refractivity contribution in [3.05, 3.63) is 70.7 Å². The van der Waals surface area contributed by atoms with Gasteiger partial charge in [0, 0.05) is 5.02 Å². The first kappa shape index (κ1) is 15.0. The maximum absolute atomic E-state index is 6.10. The first-order chi connectivity index (χ1) is 9.66. The average molecular weight is 291 g/mol. The number of likely N-dealkylation sites (N-methyl/N-ethyl adjacent to an activating group) is 1. The van der Waals surface area contributed by atoms with Gasteiger partial charge in [-0.2, -0.15) is 0 Å². The summed E-state index contributed by atoms with van der Waals surface area (Å²) in [7, 11) is 4.26. The van der Waals surface area contributed by atoms with Crippen LogP contribution in [0.1, 0.15) is 17.2 Å². The quantitative estimate of drug-likeness (QED) is 0.863. The van der Waals surface area contributed by atoms with Crippen molar-refractivity contribution in [3.63, 3.8) is 0 Å². The Morgan fingerprint density at radius 1 is 0.950 bits per heavy atom. The van der Waals surface area contributed by atoms with Crippen LogP contribution in [0.25, 0.3) is 0 Å². The lowest BCUT2D eigenvalue weighted by atomic mass is 10.0. The molecule has 0 radical (unpaired) electrons. The Bertz CT molecular complexity index is 510. The molecule has 1 atom stereocenters. The van der Waals surface area contributed by atoms with Crippen molar-refractivity contribution in [2.75, 3.05) is 27.2 Å². The minimum absolute atomic E-state index is 0.0344. The number of ether oxygens (including phenoxy) is 1. The zero-order valence-corrected chi connectivity index (χ0v) is 12.7. The third kappa shape index (κ3) is 4.34. The van der Waals surface area contributed by atoms with Crippen molar-refractivity contribution < 1.29 is 9.64 Å². The molecule has 0 spiro atoms. The maximum atomic E-state index is 6.10. The predicted molar refractivity (Wildman–Crippen MR) is 83.4 cm³/mol. The van der Waals surface area contributed by atoms with Gasteiger partial charge in [-0.25, -0.2) is 0 Å². The standard InChI is InChI=1S/C17H20ClNO/c1-19(2)12-13-20-17(14-6-4-3-5-7-14)15-8-10-16(18)11-9-15/h3-11,17H,12-13H2,1-2H3/p+1/t17-/m0/s1. The normalized spacial score (nSPS) is 12.6. The summed E-state index contributed by atoms with van der Waals surface area (Å²) >= 11 is 5.96. The molecular formula is C17H21ClNO+. The summed E-state index contributed by atoms with van der Waals surface area (Å²) in [6.45, 7) is 1.71. The van der Waals surface area contributed by atoms with Gasteiger partial charge in [-0.1, -0.05) is 54.1 Å². The Morgan fingerprint density at radius 3 is 2.15 bits per heavy atom. The molecule has 2 nitrogen and oxygen atoms in total. The first-order valence-corrected chi connectivity index (χ1v) is 7.25. The summed E-state index contributed by atoms with van der Waals surface area (Å²) in [4.78, 5) is 1.38. The molecule has 2 rings (SSSR count). The number of rotatable bonds is 6. The second-order valence-corrected chi connectivity index (χ2v) is 5.61. The van der Waals surface area contributed by atoms with Crippen LogP contribution >= 0.6 is 11.6 Å². The van der Waals surface area contributed by atoms with Gasteiger partial charge in [0.2, 0.25) is 0 Å². The van der Waals surface area contributed by atoms with Crippen LogP contribution in [-0.2, 0) is 4.74 Å². The van der Waals surface area contributed by atoms with Gasteiger partial charge in [0.05, 0.1) is 20.7 Å². The fourth-order valence-corrected chi connectivity index (χ4v) is 2.16. The summed E-state index contributed by atoms with van der Waals surface area (Å²) in [5.74, 6) is 0. The van der Waals surface area contributed by atoms with Gasteiger partial charge in [-0.15, -0.1) is 0 Å². The van der Waals surface area contributed by atoms with Gasteiger partial charge < -0.3 is 9.64 Å². The highest BCUT2D eigenvalue weighted by Gasteiger charge is 2.14. The Kier molecular flexibility index (Phi) is 5.60. The van der Waals surface area contributed by atoms with Gasteiger partial charge >= 0.3 is 0 Å². The highest BCUT2D eigenvalue weighted by atomic mass is 35.5. The molecule has 0 heterocycles. The lowest BCUT2D eigenvalue weighted by Crippen LogP contribution is -3.06. The van der Waals surface area contributed by atoms with E-state index in [0.29, 0.717) is 0 Å². The first-order valence-electron chi connectivity index (χ1n) is 6.88. The number of quaternary nitrogens is 1. The Balaban J connectivity index is 2.18. The van der Waals surface area contributed by atoms with Crippen molar-refractivity contribution >= 4 is 11.6 Å². The molecule has 2 aromatic carbocycles. The van der Waals surface area contributed by atoms with E-state index in [1.807, 2.05) is 42.5 Å². The molecule has 0 saturated heterocycles. The Hall–Kier alpha value is -1.35. The number of hydrogen-bond acceptors (Lipinski definition) is 1. The third-order valence-electron chi connectivity index (χ3n) is 3.16. The van der Waals surface area contributed by atoms with E-state index in [9.17, 15) is 0 Å². The van der Waals surface area contributed by atoms with Crippen molar-refractivity contribution in [2.45, 2.75) is 6.10 Å². The van der Waals surface area contributed by atoms with E-state index in [0.717, 1.165) is 23.7 Å². The molecule has 0 fully saturated rings. The molecule has 106 valence electrons. The van der Waals surface area contributed by atoms with Crippen LogP contribution in [0, 0.1) is 0 Å². The molecule has 20 heavy (non-hydrogen) atoms. The van der Waals surface area contributed by atoms with Gasteiger partial charge in [0.15, 0.2) is 0 Å². The summed E-state index contributed by atoms with van der Waals surface area (Å²) in [5, 5.41) is 0.748. The van der Waals surface area contributed by atoms with E-state index >= 15 is 0 Å². The largest absolute Gasteiger partial charge is 0.363 e. The third-order valence-corrected chi connectivity index (χ3v) is 3.41. The molecule has 0 amide bonds.